The minimum Gasteiger partial charge on any atom is -0.448 e. The van der Waals surface area contributed by atoms with Crippen LogP contribution >= 0.6 is 23.2 Å². The molecule has 0 radical (unpaired) electrons. The van der Waals surface area contributed by atoms with Crippen molar-refractivity contribution < 1.29 is 18.7 Å². The second kappa shape index (κ2) is 7.65. The quantitative estimate of drug-likeness (QED) is 0.789. The van der Waals surface area contributed by atoms with Gasteiger partial charge < -0.3 is 14.5 Å². The number of piperazine rings is 1. The van der Waals surface area contributed by atoms with Gasteiger partial charge in [0.15, 0.2) is 0 Å². The highest BCUT2D eigenvalue weighted by Crippen LogP contribution is 2.21. The summed E-state index contributed by atoms with van der Waals surface area (Å²) in [5.41, 5.74) is -0.137. The Kier molecular flexibility index (Phi) is 5.85. The van der Waals surface area contributed by atoms with Crippen LogP contribution in [0, 0.1) is 5.82 Å². The fraction of sp³-hybridized carbons (Fsp3) is 0.429. The first-order chi connectivity index (χ1) is 10.5. The summed E-state index contributed by atoms with van der Waals surface area (Å²) < 4.78 is 18.7. The average Bonchev–Trinajstić information content (AvgIpc) is 2.52. The first-order valence-corrected chi connectivity index (χ1v) is 7.66. The van der Waals surface area contributed by atoms with Crippen LogP contribution in [-0.2, 0) is 4.74 Å². The molecule has 1 aliphatic heterocycles. The molecule has 1 aromatic carbocycles. The van der Waals surface area contributed by atoms with Gasteiger partial charge in [0.25, 0.3) is 5.91 Å². The van der Waals surface area contributed by atoms with Gasteiger partial charge in [0.05, 0.1) is 16.5 Å². The lowest BCUT2D eigenvalue weighted by Crippen LogP contribution is -2.51. The van der Waals surface area contributed by atoms with E-state index < -0.39 is 17.8 Å². The molecule has 1 fully saturated rings. The van der Waals surface area contributed by atoms with Crippen LogP contribution in [-0.4, -0.2) is 60.5 Å². The Morgan fingerprint density at radius 3 is 2.41 bits per heavy atom. The molecule has 0 aromatic heterocycles. The highest BCUT2D eigenvalue weighted by Gasteiger charge is 2.28. The number of alkyl halides is 1. The summed E-state index contributed by atoms with van der Waals surface area (Å²) in [6.07, 6.45) is -0.461. The van der Waals surface area contributed by atoms with Gasteiger partial charge in [-0.15, -0.1) is 11.6 Å². The highest BCUT2D eigenvalue weighted by molar-refractivity contribution is 6.33. The zero-order valence-electron chi connectivity index (χ0n) is 11.7. The van der Waals surface area contributed by atoms with E-state index in [1.165, 1.54) is 28.0 Å². The number of benzene rings is 1. The molecule has 0 aliphatic carbocycles. The molecule has 0 N–H and O–H groups in total. The molecule has 1 aromatic rings. The molecule has 1 heterocycles. The van der Waals surface area contributed by atoms with Gasteiger partial charge in [-0.25, -0.2) is 9.18 Å². The minimum absolute atomic E-state index is 0.0777. The molecule has 2 rings (SSSR count). The third-order valence-corrected chi connectivity index (χ3v) is 3.77. The summed E-state index contributed by atoms with van der Waals surface area (Å²) in [4.78, 5) is 27.0. The summed E-state index contributed by atoms with van der Waals surface area (Å²) in [6.45, 7) is 1.36. The summed E-state index contributed by atoms with van der Waals surface area (Å²) >= 11 is 11.3. The van der Waals surface area contributed by atoms with Crippen molar-refractivity contribution in [3.63, 3.8) is 0 Å². The number of halogens is 3. The third kappa shape index (κ3) is 3.81. The van der Waals surface area contributed by atoms with Crippen molar-refractivity contribution in [2.24, 2.45) is 0 Å². The maximum atomic E-state index is 13.8. The number of carbonyl (C=O) groups excluding carboxylic acids is 2. The van der Waals surface area contributed by atoms with Crippen LogP contribution < -0.4 is 0 Å². The maximum absolute atomic E-state index is 13.8. The van der Waals surface area contributed by atoms with Crippen LogP contribution in [0.25, 0.3) is 0 Å². The molecule has 0 atom stereocenters. The normalized spacial score (nSPS) is 14.9. The van der Waals surface area contributed by atoms with Gasteiger partial charge >= 0.3 is 6.09 Å². The van der Waals surface area contributed by atoms with Crippen molar-refractivity contribution in [1.82, 2.24) is 9.80 Å². The van der Waals surface area contributed by atoms with E-state index >= 15 is 0 Å². The zero-order chi connectivity index (χ0) is 16.1. The van der Waals surface area contributed by atoms with E-state index in [0.717, 1.165) is 0 Å². The number of rotatable bonds is 3. The summed E-state index contributed by atoms with van der Waals surface area (Å²) in [5, 5.41) is 0.0777. The molecule has 0 bridgehead atoms. The van der Waals surface area contributed by atoms with E-state index in [1.54, 1.807) is 0 Å². The van der Waals surface area contributed by atoms with Crippen molar-refractivity contribution in [3.05, 3.63) is 34.6 Å². The first kappa shape index (κ1) is 16.8. The van der Waals surface area contributed by atoms with Crippen LogP contribution in [0.2, 0.25) is 5.02 Å². The van der Waals surface area contributed by atoms with E-state index in [0.29, 0.717) is 26.2 Å². The van der Waals surface area contributed by atoms with Gasteiger partial charge in [0.2, 0.25) is 0 Å². The number of carbonyl (C=O) groups is 2. The minimum atomic E-state index is -0.651. The topological polar surface area (TPSA) is 49.9 Å². The second-order valence-corrected chi connectivity index (χ2v) is 5.46. The fourth-order valence-electron chi connectivity index (χ4n) is 2.17. The molecule has 1 saturated heterocycles. The summed E-state index contributed by atoms with van der Waals surface area (Å²) in [6, 6.07) is 4.11. The molecule has 0 unspecified atom stereocenters. The second-order valence-electron chi connectivity index (χ2n) is 4.68. The lowest BCUT2D eigenvalue weighted by atomic mass is 10.1. The van der Waals surface area contributed by atoms with Crippen molar-refractivity contribution >= 4 is 35.2 Å². The predicted molar refractivity (Wildman–Crippen MR) is 81.0 cm³/mol. The number of hydrogen-bond donors (Lipinski definition) is 0. The highest BCUT2D eigenvalue weighted by atomic mass is 35.5. The molecule has 0 spiro atoms. The molecular weight excluding hydrogens is 334 g/mol. The Bertz CT molecular complexity index is 543. The van der Waals surface area contributed by atoms with Gasteiger partial charge in [-0.3, -0.25) is 4.79 Å². The van der Waals surface area contributed by atoms with E-state index in [1.807, 2.05) is 0 Å². The SMILES string of the molecule is O=C(OCCCl)N1CCN(C(=O)c2c(F)cccc2Cl)CC1. The van der Waals surface area contributed by atoms with Crippen LogP contribution in [0.15, 0.2) is 18.2 Å². The van der Waals surface area contributed by atoms with Crippen LogP contribution in [0.5, 0.6) is 0 Å². The van der Waals surface area contributed by atoms with Gasteiger partial charge in [-0.1, -0.05) is 17.7 Å². The Morgan fingerprint density at radius 2 is 1.82 bits per heavy atom. The first-order valence-electron chi connectivity index (χ1n) is 6.75. The Morgan fingerprint density at radius 1 is 1.18 bits per heavy atom. The number of ether oxygens (including phenoxy) is 1. The predicted octanol–water partition coefficient (Wildman–Crippen LogP) is 2.61. The van der Waals surface area contributed by atoms with Crippen molar-refractivity contribution in [3.8, 4) is 0 Å². The lowest BCUT2D eigenvalue weighted by molar-refractivity contribution is 0.0568. The van der Waals surface area contributed by atoms with E-state index in [4.69, 9.17) is 27.9 Å². The Labute approximate surface area is 137 Å². The maximum Gasteiger partial charge on any atom is 0.409 e. The van der Waals surface area contributed by atoms with Crippen molar-refractivity contribution in [2.45, 2.75) is 0 Å². The van der Waals surface area contributed by atoms with Crippen LogP contribution in [0.1, 0.15) is 10.4 Å². The standard InChI is InChI=1S/C14H15Cl2FN2O3/c15-4-9-22-14(21)19-7-5-18(6-8-19)13(20)12-10(16)2-1-3-11(12)17/h1-3H,4-9H2. The van der Waals surface area contributed by atoms with Gasteiger partial charge in [-0.05, 0) is 12.1 Å². The Balaban J connectivity index is 1.97. The number of hydrogen-bond acceptors (Lipinski definition) is 3. The smallest absolute Gasteiger partial charge is 0.409 e. The average molecular weight is 349 g/mol. The van der Waals surface area contributed by atoms with E-state index in [2.05, 4.69) is 0 Å². The molecule has 0 saturated carbocycles. The van der Waals surface area contributed by atoms with Gasteiger partial charge in [-0.2, -0.15) is 0 Å². The summed E-state index contributed by atoms with van der Waals surface area (Å²) in [7, 11) is 0. The third-order valence-electron chi connectivity index (χ3n) is 3.30. The number of nitrogens with zero attached hydrogens (tertiary/aromatic N) is 2. The van der Waals surface area contributed by atoms with Gasteiger partial charge in [0, 0.05) is 26.2 Å². The molecule has 22 heavy (non-hydrogen) atoms. The van der Waals surface area contributed by atoms with E-state index in [-0.39, 0.29) is 23.1 Å². The van der Waals surface area contributed by atoms with Crippen LogP contribution in [0.4, 0.5) is 9.18 Å². The van der Waals surface area contributed by atoms with Crippen LogP contribution in [0.3, 0.4) is 0 Å². The molecule has 8 heteroatoms. The molecular formula is C14H15Cl2FN2O3. The molecule has 1 aliphatic rings. The Hall–Kier alpha value is -1.53. The lowest BCUT2D eigenvalue weighted by Gasteiger charge is -2.34. The fourth-order valence-corrected chi connectivity index (χ4v) is 2.49. The van der Waals surface area contributed by atoms with E-state index in [9.17, 15) is 14.0 Å². The largest absolute Gasteiger partial charge is 0.448 e. The summed E-state index contributed by atoms with van der Waals surface area (Å²) in [5.74, 6) is -0.894. The molecule has 2 amide bonds. The monoisotopic (exact) mass is 348 g/mol. The van der Waals surface area contributed by atoms with Crippen molar-refractivity contribution in [2.75, 3.05) is 38.7 Å². The van der Waals surface area contributed by atoms with Crippen molar-refractivity contribution in [1.29, 1.82) is 0 Å². The molecule has 120 valence electrons. The van der Waals surface area contributed by atoms with Gasteiger partial charge in [0.1, 0.15) is 12.4 Å². The number of amides is 2. The zero-order valence-corrected chi connectivity index (χ0v) is 13.2. The molecule has 5 nitrogen and oxygen atoms in total.